The molecule has 2 aromatic rings. The van der Waals surface area contributed by atoms with Crippen LogP contribution in [0.1, 0.15) is 10.4 Å². The van der Waals surface area contributed by atoms with E-state index in [-0.39, 0.29) is 32.2 Å². The van der Waals surface area contributed by atoms with E-state index in [1.807, 2.05) is 17.5 Å². The molecule has 2 amide bonds. The summed E-state index contributed by atoms with van der Waals surface area (Å²) in [5, 5.41) is 4.76. The minimum Gasteiger partial charge on any atom is -0.338 e. The number of thiophene rings is 1. The number of sulfonamides is 1. The van der Waals surface area contributed by atoms with Gasteiger partial charge in [-0.05, 0) is 36.1 Å². The van der Waals surface area contributed by atoms with Crippen LogP contribution in [0.15, 0.2) is 46.7 Å². The highest BCUT2D eigenvalue weighted by Crippen LogP contribution is 2.31. The number of piperazine rings is 1. The Morgan fingerprint density at radius 3 is 2.45 bits per heavy atom. The summed E-state index contributed by atoms with van der Waals surface area (Å²) in [6.07, 6.45) is -3.90. The number of alkyl halides is 3. The standard InChI is InChI=1S/C18H20F3N3O3S2/c19-18(20,21)14-3-1-5-16(13-14)29(26,27)24-10-8-23(9-11-24)17(25)22-7-6-15-4-2-12-28-15/h1-5,12-13H,6-11H2,(H,22,25). The SMILES string of the molecule is O=C(NCCc1cccs1)N1CCN(S(=O)(=O)c2cccc(C(F)(F)F)c2)CC1. The third-order valence-electron chi connectivity index (χ3n) is 4.55. The van der Waals surface area contributed by atoms with Gasteiger partial charge in [0.05, 0.1) is 10.5 Å². The van der Waals surface area contributed by atoms with Gasteiger partial charge in [0, 0.05) is 37.6 Å². The van der Waals surface area contributed by atoms with Gasteiger partial charge in [0.2, 0.25) is 10.0 Å². The Morgan fingerprint density at radius 2 is 1.83 bits per heavy atom. The zero-order valence-corrected chi connectivity index (χ0v) is 17.0. The van der Waals surface area contributed by atoms with Gasteiger partial charge in [-0.1, -0.05) is 12.1 Å². The molecule has 0 unspecified atom stereocenters. The van der Waals surface area contributed by atoms with E-state index in [4.69, 9.17) is 0 Å². The molecule has 1 aliphatic heterocycles. The summed E-state index contributed by atoms with van der Waals surface area (Å²) in [6, 6.07) is 7.33. The monoisotopic (exact) mass is 447 g/mol. The van der Waals surface area contributed by atoms with E-state index in [0.29, 0.717) is 19.0 Å². The van der Waals surface area contributed by atoms with Crippen molar-refractivity contribution >= 4 is 27.4 Å². The summed E-state index contributed by atoms with van der Waals surface area (Å²) < 4.78 is 65.1. The van der Waals surface area contributed by atoms with Crippen LogP contribution in [0.25, 0.3) is 0 Å². The number of hydrogen-bond donors (Lipinski definition) is 1. The number of amides is 2. The van der Waals surface area contributed by atoms with Crippen molar-refractivity contribution in [3.8, 4) is 0 Å². The number of hydrogen-bond acceptors (Lipinski definition) is 4. The van der Waals surface area contributed by atoms with Crippen molar-refractivity contribution in [3.05, 3.63) is 52.2 Å². The molecule has 1 aromatic carbocycles. The van der Waals surface area contributed by atoms with Gasteiger partial charge in [0.1, 0.15) is 0 Å². The van der Waals surface area contributed by atoms with Crippen LogP contribution >= 0.6 is 11.3 Å². The van der Waals surface area contributed by atoms with E-state index in [9.17, 15) is 26.4 Å². The summed E-state index contributed by atoms with van der Waals surface area (Å²) in [7, 11) is -4.06. The molecule has 1 aromatic heterocycles. The Bertz CT molecular complexity index is 939. The topological polar surface area (TPSA) is 69.7 Å². The molecule has 0 spiro atoms. The average molecular weight is 448 g/mol. The van der Waals surface area contributed by atoms with Gasteiger partial charge >= 0.3 is 12.2 Å². The van der Waals surface area contributed by atoms with Crippen LogP contribution in [0.4, 0.5) is 18.0 Å². The molecule has 0 radical (unpaired) electrons. The second-order valence-corrected chi connectivity index (χ2v) is 9.45. The first-order valence-electron chi connectivity index (χ1n) is 8.90. The molecule has 1 saturated heterocycles. The van der Waals surface area contributed by atoms with E-state index in [0.717, 1.165) is 27.4 Å². The van der Waals surface area contributed by atoms with Gasteiger partial charge in [0.25, 0.3) is 0 Å². The van der Waals surface area contributed by atoms with Gasteiger partial charge in [-0.3, -0.25) is 0 Å². The summed E-state index contributed by atoms with van der Waals surface area (Å²) in [5.41, 5.74) is -1.01. The van der Waals surface area contributed by atoms with Gasteiger partial charge in [-0.15, -0.1) is 11.3 Å². The molecule has 6 nitrogen and oxygen atoms in total. The number of rotatable bonds is 5. The Hall–Kier alpha value is -2.11. The van der Waals surface area contributed by atoms with Crippen LogP contribution in [0.2, 0.25) is 0 Å². The Morgan fingerprint density at radius 1 is 1.10 bits per heavy atom. The highest BCUT2D eigenvalue weighted by atomic mass is 32.2. The number of carbonyl (C=O) groups is 1. The summed E-state index contributed by atoms with van der Waals surface area (Å²) in [6.45, 7) is 0.863. The summed E-state index contributed by atoms with van der Waals surface area (Å²) >= 11 is 1.60. The van der Waals surface area contributed by atoms with Gasteiger partial charge in [0.15, 0.2) is 0 Å². The molecule has 0 atom stereocenters. The maximum atomic E-state index is 12.9. The number of halogens is 3. The number of nitrogens with zero attached hydrogens (tertiary/aromatic N) is 2. The van der Waals surface area contributed by atoms with Crippen molar-refractivity contribution in [1.29, 1.82) is 0 Å². The molecular formula is C18H20F3N3O3S2. The molecule has 158 valence electrons. The number of nitrogens with one attached hydrogen (secondary N) is 1. The zero-order chi connectivity index (χ0) is 21.1. The number of benzene rings is 1. The van der Waals surface area contributed by atoms with E-state index in [1.165, 1.54) is 4.90 Å². The summed E-state index contributed by atoms with van der Waals surface area (Å²) in [5.74, 6) is 0. The normalized spacial score (nSPS) is 16.0. The van der Waals surface area contributed by atoms with Crippen molar-refractivity contribution in [2.45, 2.75) is 17.5 Å². The van der Waals surface area contributed by atoms with Crippen molar-refractivity contribution < 1.29 is 26.4 Å². The van der Waals surface area contributed by atoms with Crippen LogP contribution in [-0.2, 0) is 22.6 Å². The fourth-order valence-corrected chi connectivity index (χ4v) is 5.15. The van der Waals surface area contributed by atoms with E-state index in [2.05, 4.69) is 5.32 Å². The molecule has 0 saturated carbocycles. The third-order valence-corrected chi connectivity index (χ3v) is 7.38. The zero-order valence-electron chi connectivity index (χ0n) is 15.4. The van der Waals surface area contributed by atoms with E-state index >= 15 is 0 Å². The van der Waals surface area contributed by atoms with Crippen molar-refractivity contribution in [2.75, 3.05) is 32.7 Å². The van der Waals surface area contributed by atoms with Crippen molar-refractivity contribution in [1.82, 2.24) is 14.5 Å². The van der Waals surface area contributed by atoms with Gasteiger partial charge < -0.3 is 10.2 Å². The predicted octanol–water partition coefficient (Wildman–Crippen LogP) is 3.03. The van der Waals surface area contributed by atoms with Gasteiger partial charge in [-0.25, -0.2) is 13.2 Å². The second-order valence-electron chi connectivity index (χ2n) is 6.48. The molecule has 1 N–H and O–H groups in total. The molecule has 2 heterocycles. The molecular weight excluding hydrogens is 427 g/mol. The van der Waals surface area contributed by atoms with E-state index in [1.54, 1.807) is 11.3 Å². The van der Waals surface area contributed by atoms with Crippen molar-refractivity contribution in [3.63, 3.8) is 0 Å². The molecule has 1 fully saturated rings. The lowest BCUT2D eigenvalue weighted by molar-refractivity contribution is -0.137. The van der Waals surface area contributed by atoms with Gasteiger partial charge in [-0.2, -0.15) is 17.5 Å². The Balaban J connectivity index is 1.56. The molecule has 29 heavy (non-hydrogen) atoms. The minimum atomic E-state index is -4.62. The fourth-order valence-electron chi connectivity index (χ4n) is 2.97. The minimum absolute atomic E-state index is 0.0247. The van der Waals surface area contributed by atoms with Crippen LogP contribution in [0, 0.1) is 0 Å². The number of urea groups is 1. The second kappa shape index (κ2) is 8.72. The van der Waals surface area contributed by atoms with E-state index < -0.39 is 26.7 Å². The maximum absolute atomic E-state index is 12.9. The highest BCUT2D eigenvalue weighted by molar-refractivity contribution is 7.89. The smallest absolute Gasteiger partial charge is 0.338 e. The van der Waals surface area contributed by atoms with Crippen LogP contribution < -0.4 is 5.32 Å². The Kier molecular flexibility index (Phi) is 6.49. The largest absolute Gasteiger partial charge is 0.416 e. The average Bonchev–Trinajstić information content (AvgIpc) is 3.21. The molecule has 0 bridgehead atoms. The molecule has 0 aliphatic carbocycles. The first-order chi connectivity index (χ1) is 13.7. The Labute approximate surface area is 171 Å². The molecule has 3 rings (SSSR count). The highest BCUT2D eigenvalue weighted by Gasteiger charge is 2.34. The maximum Gasteiger partial charge on any atom is 0.416 e. The van der Waals surface area contributed by atoms with Crippen LogP contribution in [-0.4, -0.2) is 56.4 Å². The lowest BCUT2D eigenvalue weighted by Gasteiger charge is -2.34. The van der Waals surface area contributed by atoms with Crippen LogP contribution in [0.3, 0.4) is 0 Å². The predicted molar refractivity (Wildman–Crippen MR) is 103 cm³/mol. The lowest BCUT2D eigenvalue weighted by Crippen LogP contribution is -2.53. The first kappa shape index (κ1) is 21.6. The third kappa shape index (κ3) is 5.28. The lowest BCUT2D eigenvalue weighted by atomic mass is 10.2. The first-order valence-corrected chi connectivity index (χ1v) is 11.2. The molecule has 1 aliphatic rings. The van der Waals surface area contributed by atoms with Crippen molar-refractivity contribution in [2.24, 2.45) is 0 Å². The number of carbonyl (C=O) groups excluding carboxylic acids is 1. The molecule has 11 heteroatoms. The summed E-state index contributed by atoms with van der Waals surface area (Å²) in [4.78, 5) is 14.5. The van der Waals surface area contributed by atoms with Crippen LogP contribution in [0.5, 0.6) is 0 Å². The fraction of sp³-hybridized carbons (Fsp3) is 0.389. The quantitative estimate of drug-likeness (QED) is 0.766.